The van der Waals surface area contributed by atoms with Crippen LogP contribution in [-0.2, 0) is 28.8 Å². The van der Waals surface area contributed by atoms with Crippen LogP contribution in [0, 0.1) is 5.82 Å². The molecular formula is C23H25F4N5O4S. The van der Waals surface area contributed by atoms with E-state index in [0.717, 1.165) is 6.07 Å². The second-order valence-electron chi connectivity index (χ2n) is 9.16. The maximum Gasteiger partial charge on any atom is 0.417 e. The van der Waals surface area contributed by atoms with Crippen molar-refractivity contribution in [3.05, 3.63) is 47.4 Å². The highest BCUT2D eigenvalue weighted by molar-refractivity contribution is 7.85. The first-order valence-corrected chi connectivity index (χ1v) is 12.5. The average Bonchev–Trinajstić information content (AvgIpc) is 3.30. The molecule has 0 aliphatic carbocycles. The second-order valence-corrected chi connectivity index (χ2v) is 10.6. The van der Waals surface area contributed by atoms with Gasteiger partial charge in [-0.25, -0.2) is 14.4 Å². The summed E-state index contributed by atoms with van der Waals surface area (Å²) in [6, 6.07) is 6.55. The van der Waals surface area contributed by atoms with Gasteiger partial charge in [-0.2, -0.15) is 26.7 Å². The number of imidazole rings is 1. The van der Waals surface area contributed by atoms with Crippen LogP contribution >= 0.6 is 0 Å². The fourth-order valence-corrected chi connectivity index (χ4v) is 3.57. The third-order valence-corrected chi connectivity index (χ3v) is 5.07. The van der Waals surface area contributed by atoms with E-state index in [9.17, 15) is 21.6 Å². The van der Waals surface area contributed by atoms with Crippen molar-refractivity contribution in [2.75, 3.05) is 13.4 Å². The number of nitrogens with one attached hydrogen (secondary N) is 1. The number of rotatable bonds is 3. The summed E-state index contributed by atoms with van der Waals surface area (Å²) in [6.45, 7) is 5.54. The molecule has 0 bridgehead atoms. The molecule has 0 fully saturated rings. The molecule has 0 saturated carbocycles. The second kappa shape index (κ2) is 9.74. The molecule has 14 heteroatoms. The van der Waals surface area contributed by atoms with Gasteiger partial charge < -0.3 is 9.72 Å². The maximum atomic E-state index is 15.2. The number of aromatic nitrogens is 5. The van der Waals surface area contributed by atoms with Crippen molar-refractivity contribution in [2.45, 2.75) is 32.4 Å². The van der Waals surface area contributed by atoms with Gasteiger partial charge >= 0.3 is 6.18 Å². The molecule has 0 spiro atoms. The lowest BCUT2D eigenvalue weighted by atomic mass is 9.92. The Bertz CT molecular complexity index is 1550. The molecule has 0 radical (unpaired) electrons. The van der Waals surface area contributed by atoms with Crippen molar-refractivity contribution in [2.24, 2.45) is 7.05 Å². The Kier molecular flexibility index (Phi) is 7.39. The van der Waals surface area contributed by atoms with Crippen molar-refractivity contribution < 1.29 is 35.3 Å². The number of alkyl halides is 3. The lowest BCUT2D eigenvalue weighted by molar-refractivity contribution is -0.137. The van der Waals surface area contributed by atoms with E-state index in [2.05, 4.69) is 20.1 Å². The van der Waals surface area contributed by atoms with Gasteiger partial charge in [0.05, 0.1) is 30.1 Å². The molecule has 0 amide bonds. The van der Waals surface area contributed by atoms with E-state index >= 15 is 4.39 Å². The van der Waals surface area contributed by atoms with Crippen LogP contribution in [0.2, 0.25) is 0 Å². The number of aryl methyl sites for hydroxylation is 1. The molecule has 0 saturated heterocycles. The summed E-state index contributed by atoms with van der Waals surface area (Å²) in [6.07, 6.45) is -3.84. The highest BCUT2D eigenvalue weighted by Gasteiger charge is 2.34. The summed E-state index contributed by atoms with van der Waals surface area (Å²) in [7, 11) is -0.717. The number of aromatic amines is 1. The zero-order valence-electron chi connectivity index (χ0n) is 20.8. The smallest absolute Gasteiger partial charge is 0.417 e. The summed E-state index contributed by atoms with van der Waals surface area (Å²) in [5, 5.41) is 4.28. The number of halogens is 4. The third kappa shape index (κ3) is 6.25. The summed E-state index contributed by atoms with van der Waals surface area (Å²) in [4.78, 5) is 11.7. The summed E-state index contributed by atoms with van der Waals surface area (Å²) in [5.41, 5.74) is -0.374. The normalized spacial score (nSPS) is 12.4. The Labute approximate surface area is 210 Å². The van der Waals surface area contributed by atoms with Crippen LogP contribution in [0.1, 0.15) is 32.0 Å². The molecule has 2 N–H and O–H groups in total. The Hall–Kier alpha value is -3.52. The van der Waals surface area contributed by atoms with E-state index in [-0.39, 0.29) is 39.9 Å². The van der Waals surface area contributed by atoms with Crippen molar-refractivity contribution in [1.82, 2.24) is 24.7 Å². The van der Waals surface area contributed by atoms with Crippen LogP contribution in [0.3, 0.4) is 0 Å². The maximum absolute atomic E-state index is 15.2. The van der Waals surface area contributed by atoms with Gasteiger partial charge in [-0.3, -0.25) is 9.23 Å². The van der Waals surface area contributed by atoms with Crippen molar-refractivity contribution in [3.8, 4) is 28.7 Å². The molecule has 37 heavy (non-hydrogen) atoms. The first-order valence-electron chi connectivity index (χ1n) is 10.7. The predicted octanol–water partition coefficient (Wildman–Crippen LogP) is 4.99. The number of nitrogens with zero attached hydrogens (tertiary/aromatic N) is 4. The van der Waals surface area contributed by atoms with E-state index < -0.39 is 33.1 Å². The van der Waals surface area contributed by atoms with Crippen LogP contribution in [0.15, 0.2) is 30.3 Å². The van der Waals surface area contributed by atoms with E-state index in [1.54, 1.807) is 7.05 Å². The number of fused-ring (bicyclic) bond motifs is 1. The van der Waals surface area contributed by atoms with Gasteiger partial charge in [0.25, 0.3) is 10.1 Å². The zero-order chi connectivity index (χ0) is 27.9. The lowest BCUT2D eigenvalue weighted by Crippen LogP contribution is -2.14. The average molecular weight is 544 g/mol. The minimum absolute atomic E-state index is 0.0428. The number of ether oxygens (including phenoxy) is 1. The van der Waals surface area contributed by atoms with Gasteiger partial charge in [-0.1, -0.05) is 39.0 Å². The third-order valence-electron chi connectivity index (χ3n) is 5.07. The molecule has 200 valence electrons. The van der Waals surface area contributed by atoms with Gasteiger partial charge in [0.15, 0.2) is 11.6 Å². The largest absolute Gasteiger partial charge is 0.479 e. The molecule has 4 rings (SSSR count). The van der Waals surface area contributed by atoms with Gasteiger partial charge in [-0.05, 0) is 12.1 Å². The molecule has 0 aliphatic heterocycles. The van der Waals surface area contributed by atoms with E-state index in [1.165, 1.54) is 36.1 Å². The van der Waals surface area contributed by atoms with E-state index in [0.29, 0.717) is 11.8 Å². The Morgan fingerprint density at radius 3 is 2.22 bits per heavy atom. The van der Waals surface area contributed by atoms with Crippen LogP contribution < -0.4 is 4.74 Å². The monoisotopic (exact) mass is 543 g/mol. The summed E-state index contributed by atoms with van der Waals surface area (Å²) < 4.78 is 88.3. The minimum Gasteiger partial charge on any atom is -0.479 e. The van der Waals surface area contributed by atoms with Crippen molar-refractivity contribution in [3.63, 3.8) is 0 Å². The van der Waals surface area contributed by atoms with Gasteiger partial charge in [0.1, 0.15) is 16.9 Å². The van der Waals surface area contributed by atoms with Crippen LogP contribution in [0.4, 0.5) is 17.6 Å². The predicted molar refractivity (Wildman–Crippen MR) is 129 cm³/mol. The number of H-pyrrole nitrogens is 1. The minimum atomic E-state index is -4.56. The highest BCUT2D eigenvalue weighted by Crippen LogP contribution is 2.39. The van der Waals surface area contributed by atoms with Crippen LogP contribution in [-0.4, -0.2) is 51.1 Å². The standard InChI is InChI=1S/C22H21F4N5O.CH4O3S/c1-21(2,3)18-15(23)17(31(4)30-18)19-27-14-10-13(28-20(32-5)16(14)29-19)11-8-6-7-9-12(11)22(24,25)26;1-5(2,3)4/h6-10H,1-5H3,(H,27,29);1H3,(H,2,3,4). The summed E-state index contributed by atoms with van der Waals surface area (Å²) >= 11 is 0. The number of benzene rings is 1. The van der Waals surface area contributed by atoms with Gasteiger partial charge in [0.2, 0.25) is 5.88 Å². The number of hydrogen-bond acceptors (Lipinski definition) is 6. The molecule has 0 unspecified atom stereocenters. The van der Waals surface area contributed by atoms with Crippen LogP contribution in [0.5, 0.6) is 5.88 Å². The fraction of sp³-hybridized carbons (Fsp3) is 0.348. The van der Waals surface area contributed by atoms with Gasteiger partial charge in [0, 0.05) is 18.0 Å². The fourth-order valence-electron chi connectivity index (χ4n) is 3.57. The van der Waals surface area contributed by atoms with Crippen LogP contribution in [0.25, 0.3) is 33.8 Å². The van der Waals surface area contributed by atoms with E-state index in [4.69, 9.17) is 9.29 Å². The highest BCUT2D eigenvalue weighted by atomic mass is 32.2. The number of methoxy groups -OCH3 is 1. The molecule has 4 aromatic rings. The molecule has 3 aromatic heterocycles. The quantitative estimate of drug-likeness (QED) is 0.276. The molecule has 0 atom stereocenters. The first-order chi connectivity index (χ1) is 16.9. The molecular weight excluding hydrogens is 518 g/mol. The molecule has 9 nitrogen and oxygen atoms in total. The Balaban J connectivity index is 0.000000695. The first kappa shape index (κ1) is 28.1. The van der Waals surface area contributed by atoms with Crippen molar-refractivity contribution in [1.29, 1.82) is 0 Å². The molecule has 1 aromatic carbocycles. The summed E-state index contributed by atoms with van der Waals surface area (Å²) in [5.74, 6) is -0.301. The topological polar surface area (TPSA) is 123 Å². The zero-order valence-corrected chi connectivity index (χ0v) is 21.6. The molecule has 3 heterocycles. The number of pyridine rings is 1. The Morgan fingerprint density at radius 2 is 1.70 bits per heavy atom. The molecule has 0 aliphatic rings. The SMILES string of the molecule is COc1nc(-c2ccccc2C(F)(F)F)cc2nc(-c3c(F)c(C(C)(C)C)nn3C)[nH]c12.CS(=O)(=O)O. The van der Waals surface area contributed by atoms with E-state index in [1.807, 2.05) is 20.8 Å². The van der Waals surface area contributed by atoms with Crippen molar-refractivity contribution >= 4 is 21.2 Å². The lowest BCUT2D eigenvalue weighted by Gasteiger charge is -2.14. The number of hydrogen-bond donors (Lipinski definition) is 2. The van der Waals surface area contributed by atoms with Gasteiger partial charge in [-0.15, -0.1) is 0 Å². The Morgan fingerprint density at radius 1 is 1.11 bits per heavy atom.